The van der Waals surface area contributed by atoms with Crippen LogP contribution in [0.3, 0.4) is 0 Å². The number of anilines is 1. The lowest BCUT2D eigenvalue weighted by Gasteiger charge is -2.34. The fraction of sp³-hybridized carbons (Fsp3) is 0.333. The molecule has 2 aromatic carbocycles. The van der Waals surface area contributed by atoms with Crippen molar-refractivity contribution in [2.24, 2.45) is 0 Å². The van der Waals surface area contributed by atoms with Gasteiger partial charge in [-0.3, -0.25) is 10.1 Å². The summed E-state index contributed by atoms with van der Waals surface area (Å²) in [5.74, 6) is 0.534. The first kappa shape index (κ1) is 28.7. The van der Waals surface area contributed by atoms with Crippen LogP contribution in [0.4, 0.5) is 9.52 Å². The van der Waals surface area contributed by atoms with Gasteiger partial charge in [-0.05, 0) is 70.2 Å². The predicted octanol–water partition coefficient (Wildman–Crippen LogP) is 5.47. The van der Waals surface area contributed by atoms with E-state index >= 15 is 0 Å². The van der Waals surface area contributed by atoms with Gasteiger partial charge in [-0.15, -0.1) is 0 Å². The largest absolute Gasteiger partial charge is 0.489 e. The Labute approximate surface area is 231 Å². The number of carbonyl (C=O) groups is 1. The highest BCUT2D eigenvalue weighted by molar-refractivity contribution is 7.89. The van der Waals surface area contributed by atoms with Crippen LogP contribution < -0.4 is 14.8 Å². The molecule has 0 radical (unpaired) electrons. The van der Waals surface area contributed by atoms with Gasteiger partial charge in [-0.2, -0.15) is 8.70 Å². The van der Waals surface area contributed by atoms with E-state index in [1.807, 2.05) is 33.8 Å². The van der Waals surface area contributed by atoms with E-state index in [0.717, 1.165) is 11.8 Å². The topological polar surface area (TPSA) is 107 Å². The lowest BCUT2D eigenvalue weighted by Crippen LogP contribution is -2.48. The van der Waals surface area contributed by atoms with Crippen LogP contribution in [-0.2, 0) is 14.8 Å². The number of sulfonamides is 1. The predicted molar refractivity (Wildman–Crippen MR) is 147 cm³/mol. The summed E-state index contributed by atoms with van der Waals surface area (Å²) in [6, 6.07) is 10.7. The molecule has 1 N–H and O–H groups in total. The molecular weight excluding hydrogens is 545 g/mol. The molecule has 0 saturated carbocycles. The van der Waals surface area contributed by atoms with Crippen molar-refractivity contribution in [1.82, 2.24) is 9.29 Å². The van der Waals surface area contributed by atoms with Crippen LogP contribution in [-0.4, -0.2) is 55.5 Å². The molecule has 39 heavy (non-hydrogen) atoms. The van der Waals surface area contributed by atoms with Gasteiger partial charge in [-0.25, -0.2) is 13.4 Å². The molecule has 1 saturated heterocycles. The van der Waals surface area contributed by atoms with E-state index in [0.29, 0.717) is 28.6 Å². The lowest BCUT2D eigenvalue weighted by molar-refractivity contribution is -0.0440. The Morgan fingerprint density at radius 2 is 1.79 bits per heavy atom. The highest BCUT2D eigenvalue weighted by atomic mass is 32.2. The van der Waals surface area contributed by atoms with Gasteiger partial charge in [0.1, 0.15) is 23.9 Å². The maximum Gasteiger partial charge on any atom is 0.257 e. The van der Waals surface area contributed by atoms with Crippen LogP contribution in [0.5, 0.6) is 17.2 Å². The van der Waals surface area contributed by atoms with Crippen molar-refractivity contribution in [3.63, 3.8) is 0 Å². The lowest BCUT2D eigenvalue weighted by atomic mass is 10.2. The summed E-state index contributed by atoms with van der Waals surface area (Å²) in [6.07, 6.45) is 2.52. The number of amides is 1. The number of rotatable bonds is 9. The average molecular weight is 576 g/mol. The second kappa shape index (κ2) is 12.2. The zero-order valence-electron chi connectivity index (χ0n) is 22.0. The van der Waals surface area contributed by atoms with Crippen molar-refractivity contribution in [2.45, 2.75) is 44.8 Å². The molecular formula is C27H30FN3O6S2. The molecule has 0 aliphatic carbocycles. The zero-order chi connectivity index (χ0) is 28.2. The maximum absolute atomic E-state index is 13.3. The van der Waals surface area contributed by atoms with Gasteiger partial charge in [-0.1, -0.05) is 16.9 Å². The zero-order valence-corrected chi connectivity index (χ0v) is 23.6. The first-order valence-electron chi connectivity index (χ1n) is 12.3. The summed E-state index contributed by atoms with van der Waals surface area (Å²) in [6.45, 7) is 8.42. The Morgan fingerprint density at radius 1 is 1.13 bits per heavy atom. The van der Waals surface area contributed by atoms with E-state index in [2.05, 4.69) is 10.3 Å². The molecule has 4 rings (SSSR count). The molecule has 208 valence electrons. The summed E-state index contributed by atoms with van der Waals surface area (Å²) in [5, 5.41) is 2.16. The number of nitrogens with one attached hydrogen (secondary N) is 1. The number of halogens is 1. The number of aromatic nitrogens is 1. The van der Waals surface area contributed by atoms with Gasteiger partial charge in [0.2, 0.25) is 10.0 Å². The van der Waals surface area contributed by atoms with Gasteiger partial charge in [0.05, 0.1) is 23.3 Å². The van der Waals surface area contributed by atoms with Crippen LogP contribution in [0, 0.1) is 5.13 Å². The molecule has 0 spiro atoms. The Morgan fingerprint density at radius 3 is 2.41 bits per heavy atom. The van der Waals surface area contributed by atoms with Crippen molar-refractivity contribution in [2.75, 3.05) is 25.0 Å². The number of allylic oxidation sites excluding steroid dienone is 1. The molecule has 9 nitrogen and oxygen atoms in total. The van der Waals surface area contributed by atoms with Crippen LogP contribution >= 0.6 is 11.3 Å². The van der Waals surface area contributed by atoms with Crippen molar-refractivity contribution in [3.8, 4) is 17.2 Å². The van der Waals surface area contributed by atoms with Gasteiger partial charge >= 0.3 is 0 Å². The first-order valence-corrected chi connectivity index (χ1v) is 14.5. The fourth-order valence-electron chi connectivity index (χ4n) is 3.92. The quantitative estimate of drug-likeness (QED) is 0.337. The van der Waals surface area contributed by atoms with E-state index in [9.17, 15) is 17.6 Å². The first-order chi connectivity index (χ1) is 18.5. The molecule has 1 fully saturated rings. The molecule has 1 aromatic heterocycles. The van der Waals surface area contributed by atoms with E-state index in [1.54, 1.807) is 24.3 Å². The number of nitrogens with zero attached hydrogens (tertiary/aromatic N) is 2. The van der Waals surface area contributed by atoms with Crippen LogP contribution in [0.1, 0.15) is 38.1 Å². The smallest absolute Gasteiger partial charge is 0.257 e. The van der Waals surface area contributed by atoms with E-state index < -0.39 is 21.1 Å². The third kappa shape index (κ3) is 7.63. The minimum atomic E-state index is -3.70. The average Bonchev–Trinajstić information content (AvgIpc) is 3.27. The number of thiazole rings is 1. The van der Waals surface area contributed by atoms with E-state index in [1.165, 1.54) is 22.5 Å². The van der Waals surface area contributed by atoms with Crippen molar-refractivity contribution < 1.29 is 31.8 Å². The number of hydrogen-bond acceptors (Lipinski definition) is 8. The van der Waals surface area contributed by atoms with Gasteiger partial charge in [0, 0.05) is 24.7 Å². The number of carbonyl (C=O) groups excluding carboxylic acids is 1. The molecule has 1 aliphatic heterocycles. The third-order valence-electron chi connectivity index (χ3n) is 5.67. The number of ether oxygens (including phenoxy) is 3. The van der Waals surface area contributed by atoms with Crippen molar-refractivity contribution in [3.05, 3.63) is 71.0 Å². The second-order valence-electron chi connectivity index (χ2n) is 9.36. The summed E-state index contributed by atoms with van der Waals surface area (Å²) in [4.78, 5) is 16.8. The Balaban J connectivity index is 1.54. The summed E-state index contributed by atoms with van der Waals surface area (Å²) >= 11 is 0.713. The van der Waals surface area contributed by atoms with Crippen molar-refractivity contribution in [1.29, 1.82) is 0 Å². The van der Waals surface area contributed by atoms with Crippen LogP contribution in [0.25, 0.3) is 0 Å². The highest BCUT2D eigenvalue weighted by Crippen LogP contribution is 2.30. The Hall–Kier alpha value is -3.32. The second-order valence-corrected chi connectivity index (χ2v) is 12.3. The number of hydrogen-bond donors (Lipinski definition) is 1. The third-order valence-corrected chi connectivity index (χ3v) is 8.21. The van der Waals surface area contributed by atoms with Gasteiger partial charge in [0.25, 0.3) is 5.91 Å². The van der Waals surface area contributed by atoms with Gasteiger partial charge < -0.3 is 14.2 Å². The standard InChI is InChI=1S/C27H30FN3O6S2/c1-17(2)9-10-35-22-11-20(26(32)30-27-29-14-25(28)38-27)12-23(13-22)37-21-5-7-24(8-6-21)39(33,34)31-15-18(3)36-19(4)16-31/h5-9,11-14,18-19H,10,15-16H2,1-4H3,(H,29,30,32)/t18-,19+. The minimum absolute atomic E-state index is 0.122. The summed E-state index contributed by atoms with van der Waals surface area (Å²) < 4.78 is 58.4. The molecule has 0 bridgehead atoms. The summed E-state index contributed by atoms with van der Waals surface area (Å²) in [5.41, 5.74) is 1.28. The number of benzene rings is 2. The van der Waals surface area contributed by atoms with Crippen LogP contribution in [0.2, 0.25) is 0 Å². The van der Waals surface area contributed by atoms with E-state index in [4.69, 9.17) is 14.2 Å². The van der Waals surface area contributed by atoms with Gasteiger partial charge in [0.15, 0.2) is 10.3 Å². The summed E-state index contributed by atoms with van der Waals surface area (Å²) in [7, 11) is -3.70. The maximum atomic E-state index is 13.3. The van der Waals surface area contributed by atoms with E-state index in [-0.39, 0.29) is 47.5 Å². The van der Waals surface area contributed by atoms with Crippen molar-refractivity contribution >= 4 is 32.4 Å². The molecule has 2 heterocycles. The molecule has 3 aromatic rings. The van der Waals surface area contributed by atoms with Crippen LogP contribution in [0.15, 0.2) is 65.2 Å². The molecule has 1 amide bonds. The Bertz CT molecular complexity index is 1440. The SMILES string of the molecule is CC(C)=CCOc1cc(Oc2ccc(S(=O)(=O)N3C[C@@H](C)O[C@@H](C)C3)cc2)cc(C(=O)Nc2ncc(F)s2)c1. The molecule has 2 atom stereocenters. The monoisotopic (exact) mass is 575 g/mol. The molecule has 12 heteroatoms. The molecule has 0 unspecified atom stereocenters. The normalized spacial score (nSPS) is 17.9. The minimum Gasteiger partial charge on any atom is -0.489 e. The fourth-order valence-corrected chi connectivity index (χ4v) is 6.05. The number of morpholine rings is 1. The molecule has 1 aliphatic rings. The Kier molecular flexibility index (Phi) is 9.01. The highest BCUT2D eigenvalue weighted by Gasteiger charge is 2.32.